The third-order valence-electron chi connectivity index (χ3n) is 4.41. The highest BCUT2D eigenvalue weighted by Crippen LogP contribution is 2.30. The fourth-order valence-electron chi connectivity index (χ4n) is 3.13. The standard InChI is InChI=1S/C15H27N3O3S/c1-4-17(9-13(19)20)12-7-11(8-12)16-14(21)18-5-6-22-15(2,3)10-18/h11-12H,4-10H2,1-3H3,(H,16,21)(H,19,20). The number of thioether (sulfide) groups is 1. The van der Waals surface area contributed by atoms with Gasteiger partial charge < -0.3 is 15.3 Å². The van der Waals surface area contributed by atoms with Gasteiger partial charge in [-0.1, -0.05) is 6.92 Å². The van der Waals surface area contributed by atoms with Crippen LogP contribution in [-0.2, 0) is 4.79 Å². The maximum Gasteiger partial charge on any atom is 0.317 e. The van der Waals surface area contributed by atoms with E-state index in [1.165, 1.54) is 0 Å². The summed E-state index contributed by atoms with van der Waals surface area (Å²) in [5, 5.41) is 12.0. The van der Waals surface area contributed by atoms with E-state index in [9.17, 15) is 9.59 Å². The lowest BCUT2D eigenvalue weighted by molar-refractivity contribution is -0.139. The first-order valence-electron chi connectivity index (χ1n) is 7.96. The van der Waals surface area contributed by atoms with Crippen molar-refractivity contribution in [2.24, 2.45) is 0 Å². The van der Waals surface area contributed by atoms with E-state index in [4.69, 9.17) is 5.11 Å². The molecule has 0 aromatic heterocycles. The van der Waals surface area contributed by atoms with E-state index < -0.39 is 5.97 Å². The van der Waals surface area contributed by atoms with E-state index in [0.29, 0.717) is 0 Å². The number of urea groups is 1. The lowest BCUT2D eigenvalue weighted by atomic mass is 9.85. The highest BCUT2D eigenvalue weighted by Gasteiger charge is 2.36. The monoisotopic (exact) mass is 329 g/mol. The van der Waals surface area contributed by atoms with Crippen molar-refractivity contribution >= 4 is 23.8 Å². The van der Waals surface area contributed by atoms with E-state index in [1.54, 1.807) is 0 Å². The van der Waals surface area contributed by atoms with Crippen LogP contribution in [0.3, 0.4) is 0 Å². The average molecular weight is 329 g/mol. The fraction of sp³-hybridized carbons (Fsp3) is 0.867. The number of carbonyl (C=O) groups is 2. The second-order valence-electron chi connectivity index (χ2n) is 6.76. The highest BCUT2D eigenvalue weighted by molar-refractivity contribution is 8.00. The molecule has 0 spiro atoms. The summed E-state index contributed by atoms with van der Waals surface area (Å²) in [6.45, 7) is 8.70. The molecule has 2 amide bonds. The molecule has 2 fully saturated rings. The summed E-state index contributed by atoms with van der Waals surface area (Å²) in [6.07, 6.45) is 1.69. The molecule has 7 heteroatoms. The zero-order valence-corrected chi connectivity index (χ0v) is 14.5. The first-order valence-corrected chi connectivity index (χ1v) is 8.94. The molecule has 22 heavy (non-hydrogen) atoms. The largest absolute Gasteiger partial charge is 0.480 e. The summed E-state index contributed by atoms with van der Waals surface area (Å²) >= 11 is 1.91. The minimum absolute atomic E-state index is 0.0260. The van der Waals surface area contributed by atoms with Gasteiger partial charge in [0.15, 0.2) is 0 Å². The molecule has 1 aliphatic carbocycles. The third kappa shape index (κ3) is 4.52. The number of nitrogens with zero attached hydrogens (tertiary/aromatic N) is 2. The van der Waals surface area contributed by atoms with Gasteiger partial charge in [0.05, 0.1) is 6.54 Å². The molecule has 2 N–H and O–H groups in total. The van der Waals surface area contributed by atoms with Crippen molar-refractivity contribution in [2.75, 3.05) is 31.9 Å². The fourth-order valence-corrected chi connectivity index (χ4v) is 4.24. The van der Waals surface area contributed by atoms with Crippen LogP contribution in [0, 0.1) is 0 Å². The van der Waals surface area contributed by atoms with E-state index >= 15 is 0 Å². The minimum atomic E-state index is -0.789. The van der Waals surface area contributed by atoms with E-state index in [-0.39, 0.29) is 29.4 Å². The summed E-state index contributed by atoms with van der Waals surface area (Å²) in [5.74, 6) is 0.193. The predicted octanol–water partition coefficient (Wildman–Crippen LogP) is 1.46. The van der Waals surface area contributed by atoms with Crippen LogP contribution in [0.25, 0.3) is 0 Å². The smallest absolute Gasteiger partial charge is 0.317 e. The predicted molar refractivity (Wildman–Crippen MR) is 88.3 cm³/mol. The molecule has 1 saturated heterocycles. The number of rotatable bonds is 5. The summed E-state index contributed by atoms with van der Waals surface area (Å²) in [6, 6.07) is 0.482. The molecular weight excluding hydrogens is 302 g/mol. The summed E-state index contributed by atoms with van der Waals surface area (Å²) in [4.78, 5) is 27.0. The molecule has 126 valence electrons. The molecule has 0 atom stereocenters. The van der Waals surface area contributed by atoms with Crippen molar-refractivity contribution in [3.05, 3.63) is 0 Å². The molecule has 0 radical (unpaired) electrons. The summed E-state index contributed by atoms with van der Waals surface area (Å²) in [7, 11) is 0. The Hall–Kier alpha value is -0.950. The Bertz CT molecular complexity index is 424. The molecule has 0 aromatic rings. The lowest BCUT2D eigenvalue weighted by Gasteiger charge is -2.44. The quantitative estimate of drug-likeness (QED) is 0.799. The van der Waals surface area contributed by atoms with Gasteiger partial charge in [-0.15, -0.1) is 0 Å². The first kappa shape index (κ1) is 17.4. The third-order valence-corrected chi connectivity index (χ3v) is 5.71. The Kier molecular flexibility index (Phi) is 5.60. The van der Waals surface area contributed by atoms with Gasteiger partial charge in [0, 0.05) is 35.7 Å². The summed E-state index contributed by atoms with van der Waals surface area (Å²) < 4.78 is 0.123. The Labute approximate surface area is 136 Å². The molecule has 1 saturated carbocycles. The van der Waals surface area contributed by atoms with E-state index in [1.807, 2.05) is 28.5 Å². The van der Waals surface area contributed by atoms with Crippen LogP contribution in [0.15, 0.2) is 0 Å². The van der Waals surface area contributed by atoms with Crippen molar-refractivity contribution in [3.63, 3.8) is 0 Å². The number of carbonyl (C=O) groups excluding carboxylic acids is 1. The number of likely N-dealkylation sites (N-methyl/N-ethyl adjacent to an activating group) is 1. The second kappa shape index (κ2) is 7.08. The minimum Gasteiger partial charge on any atom is -0.480 e. The first-order chi connectivity index (χ1) is 10.3. The van der Waals surface area contributed by atoms with Gasteiger partial charge in [-0.2, -0.15) is 11.8 Å². The van der Waals surface area contributed by atoms with Gasteiger partial charge >= 0.3 is 12.0 Å². The van der Waals surface area contributed by atoms with Gasteiger partial charge in [-0.05, 0) is 33.2 Å². The van der Waals surface area contributed by atoms with Crippen LogP contribution in [0.4, 0.5) is 4.79 Å². The highest BCUT2D eigenvalue weighted by atomic mass is 32.2. The van der Waals surface area contributed by atoms with Crippen LogP contribution in [0.1, 0.15) is 33.6 Å². The molecular formula is C15H27N3O3S. The number of hydrogen-bond acceptors (Lipinski definition) is 4. The zero-order valence-electron chi connectivity index (χ0n) is 13.7. The summed E-state index contributed by atoms with van der Waals surface area (Å²) in [5.41, 5.74) is 0. The normalized spacial score (nSPS) is 27.4. The van der Waals surface area contributed by atoms with Crippen LogP contribution >= 0.6 is 11.8 Å². The van der Waals surface area contributed by atoms with Crippen molar-refractivity contribution in [2.45, 2.75) is 50.4 Å². The average Bonchev–Trinajstić information content (AvgIpc) is 2.38. The topological polar surface area (TPSA) is 72.9 Å². The van der Waals surface area contributed by atoms with Gasteiger partial charge in [-0.25, -0.2) is 4.79 Å². The molecule has 6 nitrogen and oxygen atoms in total. The number of aliphatic carboxylic acids is 1. The van der Waals surface area contributed by atoms with Gasteiger partial charge in [0.2, 0.25) is 0 Å². The van der Waals surface area contributed by atoms with E-state index in [0.717, 1.165) is 38.2 Å². The Balaban J connectivity index is 1.75. The molecule has 1 aliphatic heterocycles. The van der Waals surface area contributed by atoms with Crippen LogP contribution < -0.4 is 5.32 Å². The molecule has 0 unspecified atom stereocenters. The SMILES string of the molecule is CCN(CC(=O)O)C1CC(NC(=O)N2CCSC(C)(C)C2)C1. The second-order valence-corrected chi connectivity index (χ2v) is 8.56. The molecule has 0 bridgehead atoms. The van der Waals surface area contributed by atoms with Crippen molar-refractivity contribution in [1.29, 1.82) is 0 Å². The zero-order chi connectivity index (χ0) is 16.3. The molecule has 2 aliphatic rings. The van der Waals surface area contributed by atoms with Crippen molar-refractivity contribution in [3.8, 4) is 0 Å². The van der Waals surface area contributed by atoms with Crippen LogP contribution in [0.5, 0.6) is 0 Å². The Morgan fingerprint density at radius 1 is 1.41 bits per heavy atom. The molecule has 1 heterocycles. The number of nitrogens with one attached hydrogen (secondary N) is 1. The van der Waals surface area contributed by atoms with Gasteiger partial charge in [0.25, 0.3) is 0 Å². The molecule has 0 aromatic carbocycles. The maximum atomic E-state index is 12.3. The molecule has 2 rings (SSSR count). The van der Waals surface area contributed by atoms with Crippen LogP contribution in [0.2, 0.25) is 0 Å². The van der Waals surface area contributed by atoms with Crippen LogP contribution in [-0.4, -0.2) is 75.7 Å². The number of carboxylic acid groups (broad SMARTS) is 1. The Morgan fingerprint density at radius 3 is 2.64 bits per heavy atom. The van der Waals surface area contributed by atoms with Gasteiger partial charge in [-0.3, -0.25) is 9.69 Å². The Morgan fingerprint density at radius 2 is 2.09 bits per heavy atom. The van der Waals surface area contributed by atoms with Crippen molar-refractivity contribution < 1.29 is 14.7 Å². The number of hydrogen-bond donors (Lipinski definition) is 2. The number of amides is 2. The van der Waals surface area contributed by atoms with E-state index in [2.05, 4.69) is 19.2 Å². The van der Waals surface area contributed by atoms with Gasteiger partial charge in [0.1, 0.15) is 0 Å². The van der Waals surface area contributed by atoms with Crippen molar-refractivity contribution in [1.82, 2.24) is 15.1 Å². The lowest BCUT2D eigenvalue weighted by Crippen LogP contribution is -2.58. The maximum absolute atomic E-state index is 12.3. The number of carboxylic acids is 1.